The molecule has 0 unspecified atom stereocenters. The minimum atomic E-state index is -0.466. The number of benzene rings is 2. The lowest BCUT2D eigenvalue weighted by molar-refractivity contribution is -0.131. The highest BCUT2D eigenvalue weighted by atomic mass is 16.3. The zero-order valence-electron chi connectivity index (χ0n) is 14.4. The van der Waals surface area contributed by atoms with E-state index in [-0.39, 0.29) is 11.9 Å². The summed E-state index contributed by atoms with van der Waals surface area (Å²) in [6.45, 7) is 0. The predicted octanol–water partition coefficient (Wildman–Crippen LogP) is 3.79. The number of hydrogen-bond acceptors (Lipinski definition) is 3. The van der Waals surface area contributed by atoms with Gasteiger partial charge in [0, 0.05) is 14.1 Å². The fourth-order valence-electron chi connectivity index (χ4n) is 2.82. The molecule has 4 nitrogen and oxygen atoms in total. The molecule has 0 radical (unpaired) electrons. The first-order valence-electron chi connectivity index (χ1n) is 8.27. The number of hydrogen-bond donors (Lipinski definition) is 1. The van der Waals surface area contributed by atoms with E-state index in [0.29, 0.717) is 0 Å². The molecule has 0 aliphatic heterocycles. The van der Waals surface area contributed by atoms with Crippen LogP contribution in [-0.4, -0.2) is 24.9 Å². The summed E-state index contributed by atoms with van der Waals surface area (Å²) in [7, 11) is 3.54. The number of nitrogens with zero attached hydrogens (tertiary/aromatic N) is 1. The smallest absolute Gasteiger partial charge is 0.243 e. The Kier molecular flexibility index (Phi) is 5.31. The highest BCUT2D eigenvalue weighted by Gasteiger charge is 2.27. The largest absolute Gasteiger partial charge is 0.467 e. The van der Waals surface area contributed by atoms with Crippen molar-refractivity contribution in [2.45, 2.75) is 12.1 Å². The van der Waals surface area contributed by atoms with Crippen molar-refractivity contribution in [1.82, 2.24) is 10.2 Å². The molecule has 4 heteroatoms. The molecule has 1 N–H and O–H groups in total. The molecule has 2 atom stereocenters. The highest BCUT2D eigenvalue weighted by Crippen LogP contribution is 2.27. The van der Waals surface area contributed by atoms with E-state index in [1.54, 1.807) is 25.3 Å². The van der Waals surface area contributed by atoms with Crippen molar-refractivity contribution in [3.05, 3.63) is 95.9 Å². The number of carbonyl (C=O) groups is 1. The minimum absolute atomic E-state index is 0.00122. The standard InChI is InChI=1S/C21H22N2O2/c1-23(2)21(24)20(17-12-7-4-8-13-17)22-19(18-14-9-15-25-18)16-10-5-3-6-11-16/h3-15,19-20,22H,1-2H3/t19-,20-/m0/s1. The zero-order valence-corrected chi connectivity index (χ0v) is 14.4. The fraction of sp³-hybridized carbons (Fsp3) is 0.190. The molecule has 0 aliphatic carbocycles. The lowest BCUT2D eigenvalue weighted by atomic mass is 10.00. The van der Waals surface area contributed by atoms with Crippen LogP contribution in [0.4, 0.5) is 0 Å². The molecule has 1 heterocycles. The van der Waals surface area contributed by atoms with E-state index in [9.17, 15) is 4.79 Å². The van der Waals surface area contributed by atoms with Gasteiger partial charge in [-0.25, -0.2) is 0 Å². The Morgan fingerprint density at radius 1 is 0.880 bits per heavy atom. The number of furan rings is 1. The fourth-order valence-corrected chi connectivity index (χ4v) is 2.82. The molecule has 1 amide bonds. The first-order valence-corrected chi connectivity index (χ1v) is 8.27. The molecule has 0 bridgehead atoms. The Morgan fingerprint density at radius 2 is 1.48 bits per heavy atom. The maximum atomic E-state index is 12.8. The normalized spacial score (nSPS) is 13.2. The highest BCUT2D eigenvalue weighted by molar-refractivity contribution is 5.83. The van der Waals surface area contributed by atoms with E-state index < -0.39 is 6.04 Å². The van der Waals surface area contributed by atoms with Crippen molar-refractivity contribution in [2.24, 2.45) is 0 Å². The van der Waals surface area contributed by atoms with Gasteiger partial charge in [0.1, 0.15) is 11.8 Å². The predicted molar refractivity (Wildman–Crippen MR) is 98.0 cm³/mol. The van der Waals surface area contributed by atoms with Gasteiger partial charge in [0.15, 0.2) is 0 Å². The van der Waals surface area contributed by atoms with E-state index >= 15 is 0 Å². The van der Waals surface area contributed by atoms with Crippen LogP contribution in [0, 0.1) is 0 Å². The average molecular weight is 334 g/mol. The molecule has 0 saturated heterocycles. The first-order chi connectivity index (χ1) is 12.2. The third kappa shape index (κ3) is 3.98. The number of rotatable bonds is 6. The zero-order chi connectivity index (χ0) is 17.6. The Bertz CT molecular complexity index is 783. The summed E-state index contributed by atoms with van der Waals surface area (Å²) in [5.41, 5.74) is 1.97. The maximum absolute atomic E-state index is 12.8. The SMILES string of the molecule is CN(C)C(=O)[C@@H](N[C@@H](c1ccccc1)c1ccco1)c1ccccc1. The summed E-state index contributed by atoms with van der Waals surface area (Å²) >= 11 is 0. The maximum Gasteiger partial charge on any atom is 0.243 e. The topological polar surface area (TPSA) is 45.5 Å². The van der Waals surface area contributed by atoms with Crippen molar-refractivity contribution in [2.75, 3.05) is 14.1 Å². The number of carbonyl (C=O) groups excluding carboxylic acids is 1. The summed E-state index contributed by atoms with van der Waals surface area (Å²) in [4.78, 5) is 14.4. The Labute approximate surface area is 148 Å². The second-order valence-corrected chi connectivity index (χ2v) is 6.10. The lowest BCUT2D eigenvalue weighted by Crippen LogP contribution is -2.39. The van der Waals surface area contributed by atoms with E-state index in [1.807, 2.05) is 72.8 Å². The van der Waals surface area contributed by atoms with Gasteiger partial charge < -0.3 is 9.32 Å². The Hall–Kier alpha value is -2.85. The molecule has 0 saturated carbocycles. The molecule has 0 aliphatic rings. The first kappa shape index (κ1) is 17.0. The number of nitrogens with one attached hydrogen (secondary N) is 1. The molecular weight excluding hydrogens is 312 g/mol. The quantitative estimate of drug-likeness (QED) is 0.746. The Balaban J connectivity index is 1.98. The summed E-state index contributed by atoms with van der Waals surface area (Å²) in [6, 6.07) is 22.9. The second kappa shape index (κ2) is 7.81. The van der Waals surface area contributed by atoms with Gasteiger partial charge in [-0.1, -0.05) is 60.7 Å². The molecule has 0 fully saturated rings. The van der Waals surface area contributed by atoms with Crippen LogP contribution in [0.2, 0.25) is 0 Å². The van der Waals surface area contributed by atoms with Crippen LogP contribution in [0.5, 0.6) is 0 Å². The van der Waals surface area contributed by atoms with Gasteiger partial charge in [0.05, 0.1) is 12.3 Å². The van der Waals surface area contributed by atoms with Crippen LogP contribution in [0.3, 0.4) is 0 Å². The van der Waals surface area contributed by atoms with E-state index in [1.165, 1.54) is 0 Å². The molecular formula is C21H22N2O2. The van der Waals surface area contributed by atoms with E-state index in [2.05, 4.69) is 5.32 Å². The summed E-state index contributed by atoms with van der Waals surface area (Å²) in [5, 5.41) is 3.49. The third-order valence-electron chi connectivity index (χ3n) is 4.11. The molecule has 3 rings (SSSR count). The van der Waals surface area contributed by atoms with Crippen LogP contribution in [-0.2, 0) is 4.79 Å². The van der Waals surface area contributed by atoms with Gasteiger partial charge in [-0.05, 0) is 23.3 Å². The third-order valence-corrected chi connectivity index (χ3v) is 4.11. The molecule has 1 aromatic heterocycles. The summed E-state index contributed by atoms with van der Waals surface area (Å²) in [6.07, 6.45) is 1.65. The van der Waals surface area contributed by atoms with Crippen molar-refractivity contribution in [1.29, 1.82) is 0 Å². The van der Waals surface area contributed by atoms with Crippen molar-refractivity contribution >= 4 is 5.91 Å². The number of amides is 1. The lowest BCUT2D eigenvalue weighted by Gasteiger charge is -2.27. The van der Waals surface area contributed by atoms with Gasteiger partial charge in [-0.15, -0.1) is 0 Å². The van der Waals surface area contributed by atoms with Gasteiger partial charge in [0.2, 0.25) is 5.91 Å². The number of likely N-dealkylation sites (N-methyl/N-ethyl adjacent to an activating group) is 1. The van der Waals surface area contributed by atoms with Crippen molar-refractivity contribution in [3.63, 3.8) is 0 Å². The van der Waals surface area contributed by atoms with Gasteiger partial charge >= 0.3 is 0 Å². The van der Waals surface area contributed by atoms with Gasteiger partial charge in [0.25, 0.3) is 0 Å². The van der Waals surface area contributed by atoms with Crippen molar-refractivity contribution < 1.29 is 9.21 Å². The van der Waals surface area contributed by atoms with Crippen LogP contribution in [0.1, 0.15) is 29.0 Å². The summed E-state index contributed by atoms with van der Waals surface area (Å²) < 4.78 is 5.64. The van der Waals surface area contributed by atoms with E-state index in [4.69, 9.17) is 4.42 Å². The average Bonchev–Trinajstić information content (AvgIpc) is 3.18. The molecule has 3 aromatic rings. The molecule has 0 spiro atoms. The van der Waals surface area contributed by atoms with Crippen LogP contribution < -0.4 is 5.32 Å². The van der Waals surface area contributed by atoms with Crippen molar-refractivity contribution in [3.8, 4) is 0 Å². The van der Waals surface area contributed by atoms with Crippen LogP contribution >= 0.6 is 0 Å². The molecule has 2 aromatic carbocycles. The summed E-state index contributed by atoms with van der Waals surface area (Å²) in [5.74, 6) is 0.775. The van der Waals surface area contributed by atoms with E-state index in [0.717, 1.165) is 16.9 Å². The molecule has 25 heavy (non-hydrogen) atoms. The van der Waals surface area contributed by atoms with Gasteiger partial charge in [-0.3, -0.25) is 10.1 Å². The van der Waals surface area contributed by atoms with Gasteiger partial charge in [-0.2, -0.15) is 0 Å². The van der Waals surface area contributed by atoms with Crippen LogP contribution in [0.25, 0.3) is 0 Å². The monoisotopic (exact) mass is 334 g/mol. The Morgan fingerprint density at radius 3 is 2.00 bits per heavy atom. The molecule has 128 valence electrons. The minimum Gasteiger partial charge on any atom is -0.467 e. The van der Waals surface area contributed by atoms with Crippen LogP contribution in [0.15, 0.2) is 83.5 Å². The second-order valence-electron chi connectivity index (χ2n) is 6.10.